The lowest BCUT2D eigenvalue weighted by atomic mass is 10.1. The molecule has 0 aliphatic carbocycles. The number of hydrogen-bond donors (Lipinski definition) is 1. The number of rotatable bonds is 2. The van der Waals surface area contributed by atoms with Gasteiger partial charge in [0.05, 0.1) is 0 Å². The number of hydrogen-bond acceptors (Lipinski definition) is 3. The number of carbonyl (C=O) groups excluding carboxylic acids is 1. The minimum atomic E-state index is 0.0845. The van der Waals surface area contributed by atoms with Crippen LogP contribution in [0.2, 0.25) is 0 Å². The normalized spacial score (nSPS) is 16.7. The Balaban J connectivity index is 2.17. The zero-order valence-electron chi connectivity index (χ0n) is 11.4. The van der Waals surface area contributed by atoms with Crippen LogP contribution >= 0.6 is 15.9 Å². The van der Waals surface area contributed by atoms with E-state index >= 15 is 0 Å². The van der Waals surface area contributed by atoms with Crippen LogP contribution in [0.3, 0.4) is 0 Å². The monoisotopic (exact) mass is 325 g/mol. The van der Waals surface area contributed by atoms with Crippen molar-refractivity contribution in [1.82, 2.24) is 9.80 Å². The van der Waals surface area contributed by atoms with Crippen molar-refractivity contribution in [3.8, 4) is 0 Å². The van der Waals surface area contributed by atoms with E-state index in [0.717, 1.165) is 42.8 Å². The number of likely N-dealkylation sites (N-methyl/N-ethyl adjacent to an activating group) is 1. The Labute approximate surface area is 122 Å². The second-order valence-corrected chi connectivity index (χ2v) is 5.81. The molecule has 1 amide bonds. The molecule has 5 heteroatoms. The van der Waals surface area contributed by atoms with Gasteiger partial charge in [-0.1, -0.05) is 22.9 Å². The highest BCUT2D eigenvalue weighted by atomic mass is 79.9. The maximum absolute atomic E-state index is 12.6. The average molecular weight is 326 g/mol. The third-order valence-corrected chi connectivity index (χ3v) is 4.21. The standard InChI is InChI=1S/C14H20BrN3O/c1-3-17-4-6-18(7-5-17)14(19)12-8-11(15)9-13(16)10(12)2/h8-9H,3-7,16H2,1-2H3. The molecule has 0 aromatic heterocycles. The fraction of sp³-hybridized carbons (Fsp3) is 0.500. The van der Waals surface area contributed by atoms with Crippen LogP contribution in [0.25, 0.3) is 0 Å². The molecule has 1 aromatic rings. The van der Waals surface area contributed by atoms with Gasteiger partial charge < -0.3 is 15.5 Å². The van der Waals surface area contributed by atoms with Crippen molar-refractivity contribution >= 4 is 27.5 Å². The molecule has 0 spiro atoms. The lowest BCUT2D eigenvalue weighted by Crippen LogP contribution is -2.48. The summed E-state index contributed by atoms with van der Waals surface area (Å²) in [5.41, 5.74) is 8.15. The van der Waals surface area contributed by atoms with Gasteiger partial charge in [-0.25, -0.2) is 0 Å². The van der Waals surface area contributed by atoms with E-state index in [1.54, 1.807) is 0 Å². The number of anilines is 1. The Morgan fingerprint density at radius 2 is 1.95 bits per heavy atom. The quantitative estimate of drug-likeness (QED) is 0.847. The van der Waals surface area contributed by atoms with Crippen molar-refractivity contribution in [2.24, 2.45) is 0 Å². The van der Waals surface area contributed by atoms with Gasteiger partial charge in [0.1, 0.15) is 0 Å². The van der Waals surface area contributed by atoms with Crippen molar-refractivity contribution in [3.63, 3.8) is 0 Å². The van der Waals surface area contributed by atoms with Gasteiger partial charge in [-0.2, -0.15) is 0 Å². The first-order chi connectivity index (χ1) is 9.02. The summed E-state index contributed by atoms with van der Waals surface area (Å²) >= 11 is 3.40. The molecule has 19 heavy (non-hydrogen) atoms. The predicted molar refractivity (Wildman–Crippen MR) is 81.3 cm³/mol. The van der Waals surface area contributed by atoms with E-state index in [1.165, 1.54) is 0 Å². The molecule has 1 saturated heterocycles. The minimum Gasteiger partial charge on any atom is -0.398 e. The van der Waals surface area contributed by atoms with Crippen molar-refractivity contribution in [1.29, 1.82) is 0 Å². The fourth-order valence-corrected chi connectivity index (χ4v) is 2.84. The highest BCUT2D eigenvalue weighted by Crippen LogP contribution is 2.24. The molecule has 0 atom stereocenters. The van der Waals surface area contributed by atoms with Gasteiger partial charge in [0.15, 0.2) is 0 Å². The van der Waals surface area contributed by atoms with E-state index in [2.05, 4.69) is 27.8 Å². The third kappa shape index (κ3) is 3.09. The Hall–Kier alpha value is -1.07. The first-order valence-electron chi connectivity index (χ1n) is 6.60. The Morgan fingerprint density at radius 3 is 2.53 bits per heavy atom. The molecule has 2 rings (SSSR count). The van der Waals surface area contributed by atoms with Gasteiger partial charge in [-0.05, 0) is 31.2 Å². The smallest absolute Gasteiger partial charge is 0.254 e. The lowest BCUT2D eigenvalue weighted by molar-refractivity contribution is 0.0642. The molecule has 1 aromatic carbocycles. The molecule has 0 saturated carbocycles. The Bertz CT molecular complexity index is 482. The Morgan fingerprint density at radius 1 is 1.32 bits per heavy atom. The number of benzene rings is 1. The largest absolute Gasteiger partial charge is 0.398 e. The number of amides is 1. The molecule has 2 N–H and O–H groups in total. The lowest BCUT2D eigenvalue weighted by Gasteiger charge is -2.34. The van der Waals surface area contributed by atoms with Crippen LogP contribution in [0.5, 0.6) is 0 Å². The highest BCUT2D eigenvalue weighted by Gasteiger charge is 2.23. The SMILES string of the molecule is CCN1CCN(C(=O)c2cc(Br)cc(N)c2C)CC1. The van der Waals surface area contributed by atoms with Crippen molar-refractivity contribution in [2.45, 2.75) is 13.8 Å². The molecule has 0 bridgehead atoms. The summed E-state index contributed by atoms with van der Waals surface area (Å²) in [6.07, 6.45) is 0. The number of piperazine rings is 1. The zero-order valence-corrected chi connectivity index (χ0v) is 13.0. The van der Waals surface area contributed by atoms with Crippen molar-refractivity contribution in [2.75, 3.05) is 38.5 Å². The van der Waals surface area contributed by atoms with Crippen LogP contribution in [0.15, 0.2) is 16.6 Å². The van der Waals surface area contributed by atoms with E-state index in [1.807, 2.05) is 24.0 Å². The van der Waals surface area contributed by atoms with Gasteiger partial charge >= 0.3 is 0 Å². The predicted octanol–water partition coefficient (Wildman–Crippen LogP) is 2.12. The number of nitrogen functional groups attached to an aromatic ring is 1. The van der Waals surface area contributed by atoms with Crippen molar-refractivity contribution in [3.05, 3.63) is 27.7 Å². The molecule has 1 aliphatic heterocycles. The third-order valence-electron chi connectivity index (χ3n) is 3.75. The van der Waals surface area contributed by atoms with E-state index in [-0.39, 0.29) is 5.91 Å². The van der Waals surface area contributed by atoms with E-state index in [0.29, 0.717) is 11.3 Å². The van der Waals surface area contributed by atoms with Crippen LogP contribution < -0.4 is 5.73 Å². The summed E-state index contributed by atoms with van der Waals surface area (Å²) in [5.74, 6) is 0.0845. The molecule has 1 heterocycles. The highest BCUT2D eigenvalue weighted by molar-refractivity contribution is 9.10. The molecule has 1 aliphatic rings. The summed E-state index contributed by atoms with van der Waals surface area (Å²) in [6, 6.07) is 3.70. The van der Waals surface area contributed by atoms with Crippen LogP contribution in [0.4, 0.5) is 5.69 Å². The van der Waals surface area contributed by atoms with Crippen molar-refractivity contribution < 1.29 is 4.79 Å². The number of carbonyl (C=O) groups is 1. The first kappa shape index (κ1) is 14.3. The molecule has 104 valence electrons. The van der Waals surface area contributed by atoms with Gasteiger partial charge in [0.25, 0.3) is 5.91 Å². The fourth-order valence-electron chi connectivity index (χ4n) is 2.36. The summed E-state index contributed by atoms with van der Waals surface area (Å²) < 4.78 is 0.853. The summed E-state index contributed by atoms with van der Waals surface area (Å²) in [4.78, 5) is 16.8. The Kier molecular flexibility index (Phi) is 4.47. The van der Waals surface area contributed by atoms with Gasteiger partial charge in [-0.3, -0.25) is 4.79 Å². The van der Waals surface area contributed by atoms with Gasteiger partial charge in [0, 0.05) is 41.9 Å². The minimum absolute atomic E-state index is 0.0845. The van der Waals surface area contributed by atoms with Crippen LogP contribution in [-0.4, -0.2) is 48.4 Å². The second-order valence-electron chi connectivity index (χ2n) is 4.89. The maximum Gasteiger partial charge on any atom is 0.254 e. The number of halogens is 1. The van der Waals surface area contributed by atoms with Crippen LogP contribution in [-0.2, 0) is 0 Å². The van der Waals surface area contributed by atoms with Crippen LogP contribution in [0, 0.1) is 6.92 Å². The number of nitrogens with two attached hydrogens (primary N) is 1. The molecule has 4 nitrogen and oxygen atoms in total. The second kappa shape index (κ2) is 5.92. The topological polar surface area (TPSA) is 49.6 Å². The molecular weight excluding hydrogens is 306 g/mol. The molecule has 0 unspecified atom stereocenters. The van der Waals surface area contributed by atoms with Crippen LogP contribution in [0.1, 0.15) is 22.8 Å². The zero-order chi connectivity index (χ0) is 14.0. The summed E-state index contributed by atoms with van der Waals surface area (Å²) in [7, 11) is 0. The van der Waals surface area contributed by atoms with E-state index < -0.39 is 0 Å². The molecule has 1 fully saturated rings. The van der Waals surface area contributed by atoms with E-state index in [9.17, 15) is 4.79 Å². The average Bonchev–Trinajstić information content (AvgIpc) is 2.42. The molecular formula is C14H20BrN3O. The number of nitrogens with zero attached hydrogens (tertiary/aromatic N) is 2. The summed E-state index contributed by atoms with van der Waals surface area (Å²) in [5, 5.41) is 0. The van der Waals surface area contributed by atoms with Gasteiger partial charge in [-0.15, -0.1) is 0 Å². The van der Waals surface area contributed by atoms with Gasteiger partial charge in [0.2, 0.25) is 0 Å². The molecule has 0 radical (unpaired) electrons. The summed E-state index contributed by atoms with van der Waals surface area (Å²) in [6.45, 7) is 8.57. The maximum atomic E-state index is 12.6. The van der Waals surface area contributed by atoms with E-state index in [4.69, 9.17) is 5.73 Å². The first-order valence-corrected chi connectivity index (χ1v) is 7.39.